The van der Waals surface area contributed by atoms with E-state index in [2.05, 4.69) is 4.98 Å². The first kappa shape index (κ1) is 29.3. The third-order valence-corrected chi connectivity index (χ3v) is 10.1. The van der Waals surface area contributed by atoms with Crippen molar-refractivity contribution >= 4 is 82.5 Å². The second-order valence-corrected chi connectivity index (χ2v) is 13.5. The number of hydrogen-bond acceptors (Lipinski definition) is 6. The monoisotopic (exact) mass is 637 g/mol. The van der Waals surface area contributed by atoms with Gasteiger partial charge in [-0.15, -0.1) is 0 Å². The first-order chi connectivity index (χ1) is 19.2. The summed E-state index contributed by atoms with van der Waals surface area (Å²) in [6.07, 6.45) is 0.680. The van der Waals surface area contributed by atoms with Gasteiger partial charge in [0.1, 0.15) is 12.0 Å². The first-order valence-electron chi connectivity index (χ1n) is 12.7. The maximum Gasteiger partial charge on any atom is 0.350 e. The lowest BCUT2D eigenvalue weighted by Gasteiger charge is -2.28. The number of aromatic amines is 1. The van der Waals surface area contributed by atoms with Gasteiger partial charge in [0, 0.05) is 48.8 Å². The molecule has 3 aromatic carbocycles. The van der Waals surface area contributed by atoms with Crippen molar-refractivity contribution in [3.05, 3.63) is 87.0 Å². The smallest absolute Gasteiger partial charge is 0.350 e. The summed E-state index contributed by atoms with van der Waals surface area (Å²) in [5, 5.41) is 2.49. The number of amides is 1. The van der Waals surface area contributed by atoms with Crippen molar-refractivity contribution in [1.29, 1.82) is 0 Å². The predicted octanol–water partition coefficient (Wildman–Crippen LogP) is 9.07. The molecule has 0 saturated heterocycles. The predicted molar refractivity (Wildman–Crippen MR) is 166 cm³/mol. The van der Waals surface area contributed by atoms with Crippen molar-refractivity contribution in [3.8, 4) is 0 Å². The number of hydrogen-bond donors (Lipinski definition) is 1. The normalized spacial score (nSPS) is 13.2. The molecule has 1 aliphatic heterocycles. The molecular weight excluding hydrogens is 612 g/mol. The molecule has 210 valence electrons. The Morgan fingerprint density at radius 2 is 1.70 bits per heavy atom. The van der Waals surface area contributed by atoms with Crippen molar-refractivity contribution in [2.24, 2.45) is 0 Å². The molecule has 0 fully saturated rings. The number of nitrogens with zero attached hydrogens (tertiary/aromatic N) is 2. The molecule has 1 aromatic heterocycles. The average molecular weight is 639 g/mol. The fraction of sp³-hybridized carbons (Fsp3) is 0.250. The Balaban J connectivity index is 1.45. The van der Waals surface area contributed by atoms with E-state index in [1.807, 2.05) is 40.7 Å². The van der Waals surface area contributed by atoms with Gasteiger partial charge in [-0.2, -0.15) is 0 Å². The highest BCUT2D eigenvalue weighted by Crippen LogP contribution is 2.51. The topological polar surface area (TPSA) is 74.9 Å². The van der Waals surface area contributed by atoms with Gasteiger partial charge in [-0.05, 0) is 98.4 Å². The van der Waals surface area contributed by atoms with Crippen molar-refractivity contribution in [1.82, 2.24) is 4.98 Å². The zero-order valence-corrected chi connectivity index (χ0v) is 25.8. The lowest BCUT2D eigenvalue weighted by atomic mass is 10.1. The van der Waals surface area contributed by atoms with Gasteiger partial charge in [-0.3, -0.25) is 13.7 Å². The number of halogens is 3. The molecule has 0 aliphatic carbocycles. The minimum Gasteiger partial charge on any atom is -0.351 e. The highest BCUT2D eigenvalue weighted by molar-refractivity contribution is 8.01. The van der Waals surface area contributed by atoms with Crippen molar-refractivity contribution in [2.45, 2.75) is 25.2 Å². The van der Waals surface area contributed by atoms with Gasteiger partial charge < -0.3 is 18.9 Å². The number of benzene rings is 3. The Labute approximate surface area is 252 Å². The SMILES string of the molecule is CCOP(=O)(CN(Sc1cc(Cl)cc(Cl)c1)c1ccc2c(c1)CCN2C(=O)c1cc2cc(Cl)ccc2[nH]1)OCC. The second-order valence-electron chi connectivity index (χ2n) is 9.10. The number of nitrogens with one attached hydrogen (secondary N) is 1. The summed E-state index contributed by atoms with van der Waals surface area (Å²) in [7, 11) is -3.45. The minimum absolute atomic E-state index is 0.00251. The molecule has 0 saturated carbocycles. The molecular formula is C28H27Cl3N3O4PS. The number of H-pyrrole nitrogens is 1. The van der Waals surface area contributed by atoms with Crippen LogP contribution in [0.25, 0.3) is 10.9 Å². The van der Waals surface area contributed by atoms with Gasteiger partial charge in [0.2, 0.25) is 0 Å². The van der Waals surface area contributed by atoms with Crippen molar-refractivity contribution < 1.29 is 18.4 Å². The van der Waals surface area contributed by atoms with Crippen LogP contribution in [0.5, 0.6) is 0 Å². The van der Waals surface area contributed by atoms with E-state index in [-0.39, 0.29) is 25.4 Å². The maximum atomic E-state index is 13.5. The van der Waals surface area contributed by atoms with Gasteiger partial charge in [-0.1, -0.05) is 34.8 Å². The van der Waals surface area contributed by atoms with Crippen molar-refractivity contribution in [3.63, 3.8) is 0 Å². The van der Waals surface area contributed by atoms with E-state index in [9.17, 15) is 9.36 Å². The Bertz CT molecular complexity index is 1580. The molecule has 5 rings (SSSR count). The quantitative estimate of drug-likeness (QED) is 0.138. The summed E-state index contributed by atoms with van der Waals surface area (Å²) in [5.41, 5.74) is 3.97. The van der Waals surface area contributed by atoms with Crippen LogP contribution in [0.4, 0.5) is 11.4 Å². The molecule has 1 amide bonds. The Morgan fingerprint density at radius 3 is 2.40 bits per heavy atom. The summed E-state index contributed by atoms with van der Waals surface area (Å²) >= 11 is 20.0. The van der Waals surface area contributed by atoms with Gasteiger partial charge >= 0.3 is 7.60 Å². The lowest BCUT2D eigenvalue weighted by molar-refractivity contribution is 0.0985. The van der Waals surface area contributed by atoms with E-state index in [4.69, 9.17) is 43.9 Å². The third-order valence-electron chi connectivity index (χ3n) is 6.31. The largest absolute Gasteiger partial charge is 0.351 e. The molecule has 1 N–H and O–H groups in total. The molecule has 4 aromatic rings. The van der Waals surface area contributed by atoms with E-state index >= 15 is 0 Å². The van der Waals surface area contributed by atoms with Crippen molar-refractivity contribution in [2.75, 3.05) is 35.2 Å². The van der Waals surface area contributed by atoms with E-state index in [1.54, 1.807) is 43.0 Å². The molecule has 7 nitrogen and oxygen atoms in total. The number of carbonyl (C=O) groups is 1. The van der Waals surface area contributed by atoms with Crippen LogP contribution in [-0.4, -0.2) is 36.9 Å². The standard InChI is InChI=1S/C28H27Cl3N3O4PS/c1-3-37-39(36,38-4-2)17-34(40-24-15-21(30)14-22(31)16-24)23-6-8-27-18(12-23)9-10-33(27)28(35)26-13-19-11-20(29)5-7-25(19)32-26/h5-8,11-16,32H,3-4,9-10,17H2,1-2H3. The molecule has 40 heavy (non-hydrogen) atoms. The Morgan fingerprint density at radius 1 is 0.975 bits per heavy atom. The van der Waals surface area contributed by atoms with Gasteiger partial charge in [0.15, 0.2) is 0 Å². The van der Waals surface area contributed by atoms with Crippen LogP contribution < -0.4 is 9.21 Å². The van der Waals surface area contributed by atoms with Crippen LogP contribution in [0, 0.1) is 0 Å². The number of anilines is 2. The van der Waals surface area contributed by atoms with Crippen LogP contribution in [0.2, 0.25) is 15.1 Å². The van der Waals surface area contributed by atoms with Crippen LogP contribution in [0.15, 0.2) is 65.6 Å². The van der Waals surface area contributed by atoms with Gasteiger partial charge in [0.05, 0.1) is 13.2 Å². The Hall–Kier alpha value is -2.16. The van der Waals surface area contributed by atoms with Gasteiger partial charge in [0.25, 0.3) is 5.91 Å². The first-order valence-corrected chi connectivity index (χ1v) is 16.3. The van der Waals surface area contributed by atoms with Crippen LogP contribution in [-0.2, 0) is 20.0 Å². The van der Waals surface area contributed by atoms with Crippen LogP contribution in [0.3, 0.4) is 0 Å². The third kappa shape index (κ3) is 6.50. The number of fused-ring (bicyclic) bond motifs is 2. The van der Waals surface area contributed by atoms with E-state index in [0.29, 0.717) is 33.7 Å². The van der Waals surface area contributed by atoms with Crippen LogP contribution >= 0.6 is 54.3 Å². The summed E-state index contributed by atoms with van der Waals surface area (Å²) in [5.74, 6) is -0.115. The number of carbonyl (C=O) groups excluding carboxylic acids is 1. The summed E-state index contributed by atoms with van der Waals surface area (Å²) in [6.45, 7) is 4.60. The summed E-state index contributed by atoms with van der Waals surface area (Å²) in [6, 6.07) is 18.4. The van der Waals surface area contributed by atoms with E-state index in [0.717, 1.165) is 32.7 Å². The van der Waals surface area contributed by atoms with Gasteiger partial charge in [-0.25, -0.2) is 0 Å². The number of rotatable bonds is 10. The minimum atomic E-state index is -3.45. The van der Waals surface area contributed by atoms with E-state index in [1.165, 1.54) is 11.9 Å². The fourth-order valence-electron chi connectivity index (χ4n) is 4.66. The molecule has 0 unspecified atom stereocenters. The molecule has 0 spiro atoms. The zero-order chi connectivity index (χ0) is 28.4. The summed E-state index contributed by atoms with van der Waals surface area (Å²) in [4.78, 5) is 19.2. The maximum absolute atomic E-state index is 13.5. The average Bonchev–Trinajstić information content (AvgIpc) is 3.51. The van der Waals surface area contributed by atoms with E-state index < -0.39 is 7.60 Å². The highest BCUT2D eigenvalue weighted by Gasteiger charge is 2.31. The Kier molecular flexibility index (Phi) is 9.08. The highest BCUT2D eigenvalue weighted by atomic mass is 35.5. The molecule has 2 heterocycles. The zero-order valence-electron chi connectivity index (χ0n) is 21.8. The fourth-order valence-corrected chi connectivity index (χ4v) is 8.49. The molecule has 0 radical (unpaired) electrons. The lowest BCUT2D eigenvalue weighted by Crippen LogP contribution is -2.29. The van der Waals surface area contributed by atoms with Crippen LogP contribution in [0.1, 0.15) is 29.9 Å². The number of aromatic nitrogens is 1. The molecule has 0 atom stereocenters. The molecule has 12 heteroatoms. The molecule has 1 aliphatic rings. The molecule has 0 bridgehead atoms. The second kappa shape index (κ2) is 12.4. The summed E-state index contributed by atoms with van der Waals surface area (Å²) < 4.78 is 26.6.